The average molecular weight is 256 g/mol. The molecule has 0 fully saturated rings. The van der Waals surface area contributed by atoms with E-state index in [1.54, 1.807) is 31.2 Å². The van der Waals surface area contributed by atoms with Gasteiger partial charge in [-0.3, -0.25) is 0 Å². The highest BCUT2D eigenvalue weighted by atomic mass is 19.4. The number of aromatic nitrogens is 2. The number of H-pyrrole nitrogens is 1. The molecule has 1 heterocycles. The molecule has 0 saturated heterocycles. The van der Waals surface area contributed by atoms with E-state index >= 15 is 0 Å². The number of alkyl halides is 3. The van der Waals surface area contributed by atoms with E-state index in [1.807, 2.05) is 0 Å². The van der Waals surface area contributed by atoms with Gasteiger partial charge in [-0.1, -0.05) is 12.1 Å². The number of rotatable bonds is 2. The van der Waals surface area contributed by atoms with E-state index in [4.69, 9.17) is 4.74 Å². The Kier molecular flexibility index (Phi) is 3.02. The number of imidazole rings is 1. The molecule has 96 valence electrons. The van der Waals surface area contributed by atoms with Gasteiger partial charge in [-0.05, 0) is 19.1 Å². The van der Waals surface area contributed by atoms with Crippen LogP contribution in [-0.2, 0) is 6.18 Å². The number of benzene rings is 1. The van der Waals surface area contributed by atoms with Crippen LogP contribution in [0, 0.1) is 6.92 Å². The van der Waals surface area contributed by atoms with Crippen molar-refractivity contribution in [1.29, 1.82) is 0 Å². The first kappa shape index (κ1) is 12.5. The largest absolute Gasteiger partial charge is 0.496 e. The van der Waals surface area contributed by atoms with E-state index in [0.29, 0.717) is 17.0 Å². The van der Waals surface area contributed by atoms with E-state index < -0.39 is 12.0 Å². The molecule has 0 unspecified atom stereocenters. The van der Waals surface area contributed by atoms with Crippen molar-refractivity contribution in [2.45, 2.75) is 13.1 Å². The lowest BCUT2D eigenvalue weighted by molar-refractivity contribution is -0.144. The predicted molar refractivity (Wildman–Crippen MR) is 60.3 cm³/mol. The van der Waals surface area contributed by atoms with Gasteiger partial charge < -0.3 is 9.72 Å². The molecule has 0 aliphatic rings. The predicted octanol–water partition coefficient (Wildman–Crippen LogP) is 3.41. The average Bonchev–Trinajstić information content (AvgIpc) is 2.71. The molecule has 1 aromatic heterocycles. The molecule has 0 bridgehead atoms. The van der Waals surface area contributed by atoms with Crippen molar-refractivity contribution in [1.82, 2.24) is 9.97 Å². The second-order valence-corrected chi connectivity index (χ2v) is 3.76. The third-order valence-corrected chi connectivity index (χ3v) is 2.52. The highest BCUT2D eigenvalue weighted by Crippen LogP contribution is 2.34. The first-order chi connectivity index (χ1) is 8.43. The summed E-state index contributed by atoms with van der Waals surface area (Å²) >= 11 is 0. The Labute approximate surface area is 102 Å². The van der Waals surface area contributed by atoms with Gasteiger partial charge in [-0.15, -0.1) is 0 Å². The van der Waals surface area contributed by atoms with Crippen LogP contribution in [0.3, 0.4) is 0 Å². The minimum absolute atomic E-state index is 0.250. The van der Waals surface area contributed by atoms with Crippen LogP contribution in [0.4, 0.5) is 13.2 Å². The van der Waals surface area contributed by atoms with E-state index in [0.717, 1.165) is 0 Å². The molecule has 18 heavy (non-hydrogen) atoms. The molecule has 0 atom stereocenters. The molecule has 2 aromatic rings. The van der Waals surface area contributed by atoms with Crippen molar-refractivity contribution in [2.75, 3.05) is 7.11 Å². The number of halogens is 3. The first-order valence-corrected chi connectivity index (χ1v) is 5.20. The molecule has 1 N–H and O–H groups in total. The van der Waals surface area contributed by atoms with Crippen LogP contribution in [0.2, 0.25) is 0 Å². The molecule has 0 amide bonds. The highest BCUT2D eigenvalue weighted by Gasteiger charge is 2.35. The quantitative estimate of drug-likeness (QED) is 0.894. The number of hydrogen-bond donors (Lipinski definition) is 1. The summed E-state index contributed by atoms with van der Waals surface area (Å²) in [6.45, 7) is 1.55. The maximum atomic E-state index is 12.6. The third-order valence-electron chi connectivity index (χ3n) is 2.52. The molecule has 0 saturated carbocycles. The van der Waals surface area contributed by atoms with Gasteiger partial charge in [0.25, 0.3) is 0 Å². The SMILES string of the molecule is COc1ccccc1-c1nc(C(F)(F)F)[nH]c1C. The molecule has 0 radical (unpaired) electrons. The standard InChI is InChI=1S/C12H11F3N2O/c1-7-10(17-11(16-7)12(13,14)15)8-5-3-4-6-9(8)18-2/h3-6H,1-2H3,(H,16,17). The lowest BCUT2D eigenvalue weighted by atomic mass is 10.1. The molecule has 1 aromatic carbocycles. The minimum atomic E-state index is -4.48. The van der Waals surface area contributed by atoms with Crippen molar-refractivity contribution in [2.24, 2.45) is 0 Å². The van der Waals surface area contributed by atoms with Crippen LogP contribution in [0.5, 0.6) is 5.75 Å². The summed E-state index contributed by atoms with van der Waals surface area (Å²) in [6.07, 6.45) is -4.48. The smallest absolute Gasteiger partial charge is 0.449 e. The summed E-state index contributed by atoms with van der Waals surface area (Å²) in [6, 6.07) is 6.81. The summed E-state index contributed by atoms with van der Waals surface area (Å²) in [5.74, 6) is -0.512. The van der Waals surface area contributed by atoms with Crippen LogP contribution in [0.15, 0.2) is 24.3 Å². The van der Waals surface area contributed by atoms with Gasteiger partial charge in [0.2, 0.25) is 5.82 Å². The van der Waals surface area contributed by atoms with Crippen molar-refractivity contribution in [3.8, 4) is 17.0 Å². The van der Waals surface area contributed by atoms with Gasteiger partial charge >= 0.3 is 6.18 Å². The van der Waals surface area contributed by atoms with Crippen LogP contribution >= 0.6 is 0 Å². The number of aryl methyl sites for hydroxylation is 1. The van der Waals surface area contributed by atoms with Gasteiger partial charge in [0.15, 0.2) is 0 Å². The van der Waals surface area contributed by atoms with Gasteiger partial charge in [-0.2, -0.15) is 13.2 Å². The fourth-order valence-electron chi connectivity index (χ4n) is 1.70. The Morgan fingerprint density at radius 1 is 1.22 bits per heavy atom. The summed E-state index contributed by atoms with van der Waals surface area (Å²) in [5, 5.41) is 0. The Morgan fingerprint density at radius 3 is 2.44 bits per heavy atom. The lowest BCUT2D eigenvalue weighted by Gasteiger charge is -2.06. The zero-order chi connectivity index (χ0) is 13.3. The van der Waals surface area contributed by atoms with Crippen molar-refractivity contribution < 1.29 is 17.9 Å². The van der Waals surface area contributed by atoms with Crippen LogP contribution < -0.4 is 4.74 Å². The zero-order valence-electron chi connectivity index (χ0n) is 9.80. The number of aromatic amines is 1. The molecule has 0 spiro atoms. The van der Waals surface area contributed by atoms with Crippen molar-refractivity contribution in [3.05, 3.63) is 35.8 Å². The van der Waals surface area contributed by atoms with Gasteiger partial charge in [0.05, 0.1) is 12.8 Å². The Bertz CT molecular complexity index is 561. The monoisotopic (exact) mass is 256 g/mol. The summed E-state index contributed by atoms with van der Waals surface area (Å²) < 4.78 is 42.8. The molecule has 0 aliphatic heterocycles. The maximum Gasteiger partial charge on any atom is 0.449 e. The topological polar surface area (TPSA) is 37.9 Å². The maximum absolute atomic E-state index is 12.6. The van der Waals surface area contributed by atoms with Crippen LogP contribution in [-0.4, -0.2) is 17.1 Å². The molecule has 6 heteroatoms. The van der Waals surface area contributed by atoms with E-state index in [-0.39, 0.29) is 5.69 Å². The minimum Gasteiger partial charge on any atom is -0.496 e. The number of nitrogens with zero attached hydrogens (tertiary/aromatic N) is 1. The van der Waals surface area contributed by atoms with Crippen LogP contribution in [0.25, 0.3) is 11.3 Å². The molecule has 2 rings (SSSR count). The number of ether oxygens (including phenoxy) is 1. The summed E-state index contributed by atoms with van der Waals surface area (Å²) in [4.78, 5) is 5.84. The second kappa shape index (κ2) is 4.36. The Morgan fingerprint density at radius 2 is 1.89 bits per heavy atom. The fraction of sp³-hybridized carbons (Fsp3) is 0.250. The van der Waals surface area contributed by atoms with Crippen LogP contribution in [0.1, 0.15) is 11.5 Å². The fourth-order valence-corrected chi connectivity index (χ4v) is 1.70. The lowest BCUT2D eigenvalue weighted by Crippen LogP contribution is -2.07. The number of nitrogens with one attached hydrogen (secondary N) is 1. The first-order valence-electron chi connectivity index (χ1n) is 5.20. The normalized spacial score (nSPS) is 11.6. The van der Waals surface area contributed by atoms with Crippen molar-refractivity contribution >= 4 is 0 Å². The zero-order valence-corrected chi connectivity index (χ0v) is 9.80. The molecule has 0 aliphatic carbocycles. The highest BCUT2D eigenvalue weighted by molar-refractivity contribution is 5.69. The molecular weight excluding hydrogens is 245 g/mol. The number of hydrogen-bond acceptors (Lipinski definition) is 2. The van der Waals surface area contributed by atoms with E-state index in [9.17, 15) is 13.2 Å². The second-order valence-electron chi connectivity index (χ2n) is 3.76. The van der Waals surface area contributed by atoms with E-state index in [2.05, 4.69) is 9.97 Å². The van der Waals surface area contributed by atoms with Gasteiger partial charge in [0.1, 0.15) is 5.75 Å². The van der Waals surface area contributed by atoms with Gasteiger partial charge in [0, 0.05) is 11.3 Å². The Hall–Kier alpha value is -1.98. The summed E-state index contributed by atoms with van der Waals surface area (Å²) in [5.41, 5.74) is 1.14. The number of para-hydroxylation sites is 1. The van der Waals surface area contributed by atoms with Gasteiger partial charge in [-0.25, -0.2) is 4.98 Å². The number of methoxy groups -OCH3 is 1. The molecule has 3 nitrogen and oxygen atoms in total. The van der Waals surface area contributed by atoms with Crippen molar-refractivity contribution in [3.63, 3.8) is 0 Å². The molecular formula is C12H11F3N2O. The third kappa shape index (κ3) is 2.18. The summed E-state index contributed by atoms with van der Waals surface area (Å²) in [7, 11) is 1.46. The van der Waals surface area contributed by atoms with E-state index in [1.165, 1.54) is 7.11 Å². The Balaban J connectivity index is 2.55.